The molecule has 2 fully saturated rings. The lowest BCUT2D eigenvalue weighted by Crippen LogP contribution is -2.54. The van der Waals surface area contributed by atoms with Crippen molar-refractivity contribution in [2.24, 2.45) is 0 Å². The number of hydrogen-bond acceptors (Lipinski definition) is 6. The molecule has 0 saturated carbocycles. The summed E-state index contributed by atoms with van der Waals surface area (Å²) in [6.07, 6.45) is 1.45. The third-order valence-electron chi connectivity index (χ3n) is 5.12. The zero-order valence-corrected chi connectivity index (χ0v) is 18.9. The van der Waals surface area contributed by atoms with Crippen LogP contribution in [-0.2, 0) is 14.3 Å². The largest absolute Gasteiger partial charge is 0.440 e. The van der Waals surface area contributed by atoms with Crippen LogP contribution < -0.4 is 15.1 Å². The maximum Gasteiger partial charge on any atom is 0.270 e. The number of aryl methyl sites for hydroxylation is 2. The van der Waals surface area contributed by atoms with E-state index in [9.17, 15) is 9.59 Å². The van der Waals surface area contributed by atoms with E-state index in [2.05, 4.69) is 26.1 Å². The molecule has 156 valence electrons. The van der Waals surface area contributed by atoms with E-state index in [0.29, 0.717) is 43.6 Å². The highest BCUT2D eigenvalue weighted by molar-refractivity contribution is 9.10. The SMILES string of the molecule is Cc1ccc(N2C(=O)C(=Cc3cc(Br)c(N4CCOCC4)o3)C(=O)NC2=S)cc1C. The second-order valence-corrected chi connectivity index (χ2v) is 8.37. The highest BCUT2D eigenvalue weighted by Crippen LogP contribution is 2.32. The summed E-state index contributed by atoms with van der Waals surface area (Å²) in [7, 11) is 0. The van der Waals surface area contributed by atoms with Gasteiger partial charge in [0.25, 0.3) is 11.8 Å². The van der Waals surface area contributed by atoms with Gasteiger partial charge in [0.1, 0.15) is 11.3 Å². The number of furan rings is 1. The van der Waals surface area contributed by atoms with Gasteiger partial charge < -0.3 is 14.1 Å². The summed E-state index contributed by atoms with van der Waals surface area (Å²) in [5, 5.41) is 2.65. The van der Waals surface area contributed by atoms with Gasteiger partial charge in [0.2, 0.25) is 5.88 Å². The van der Waals surface area contributed by atoms with Crippen LogP contribution in [0.5, 0.6) is 0 Å². The fourth-order valence-electron chi connectivity index (χ4n) is 3.33. The minimum atomic E-state index is -0.550. The average Bonchev–Trinajstić information content (AvgIpc) is 3.08. The van der Waals surface area contributed by atoms with Crippen molar-refractivity contribution < 1.29 is 18.7 Å². The number of anilines is 2. The lowest BCUT2D eigenvalue weighted by atomic mass is 10.1. The van der Waals surface area contributed by atoms with Crippen molar-refractivity contribution in [3.8, 4) is 0 Å². The van der Waals surface area contributed by atoms with E-state index in [0.717, 1.165) is 15.6 Å². The standard InChI is InChI=1S/C21H20BrN3O4S/c1-12-3-4-14(9-13(12)2)25-19(27)16(18(26)23-21(25)30)10-15-11-17(22)20(29-15)24-5-7-28-8-6-24/h3-4,9-11H,5-8H2,1-2H3,(H,23,26,30). The molecule has 2 saturated heterocycles. The van der Waals surface area contributed by atoms with Gasteiger partial charge in [-0.1, -0.05) is 6.07 Å². The highest BCUT2D eigenvalue weighted by Gasteiger charge is 2.35. The Morgan fingerprint density at radius 3 is 2.57 bits per heavy atom. The van der Waals surface area contributed by atoms with Crippen molar-refractivity contribution in [2.75, 3.05) is 36.1 Å². The van der Waals surface area contributed by atoms with Gasteiger partial charge in [-0.2, -0.15) is 0 Å². The number of nitrogens with zero attached hydrogens (tertiary/aromatic N) is 2. The second-order valence-electron chi connectivity index (χ2n) is 7.13. The molecular weight excluding hydrogens is 470 g/mol. The van der Waals surface area contributed by atoms with Crippen molar-refractivity contribution in [1.82, 2.24) is 5.32 Å². The minimum absolute atomic E-state index is 0.0448. The van der Waals surface area contributed by atoms with Crippen LogP contribution in [0.4, 0.5) is 11.6 Å². The molecule has 9 heteroatoms. The van der Waals surface area contributed by atoms with Gasteiger partial charge in [0.05, 0.1) is 23.4 Å². The molecule has 1 aromatic heterocycles. The van der Waals surface area contributed by atoms with Crippen LogP contribution >= 0.6 is 28.1 Å². The number of amides is 2. The molecule has 1 aromatic carbocycles. The Labute approximate surface area is 187 Å². The zero-order chi connectivity index (χ0) is 21.4. The van der Waals surface area contributed by atoms with Crippen LogP contribution in [0, 0.1) is 13.8 Å². The number of benzene rings is 1. The van der Waals surface area contributed by atoms with E-state index in [1.54, 1.807) is 6.07 Å². The normalized spacial score (nSPS) is 18.9. The first kappa shape index (κ1) is 20.8. The first-order valence-electron chi connectivity index (χ1n) is 9.46. The number of thiocarbonyl (C=S) groups is 1. The second kappa shape index (κ2) is 8.33. The van der Waals surface area contributed by atoms with E-state index in [1.165, 1.54) is 11.0 Å². The Hall–Kier alpha value is -2.49. The lowest BCUT2D eigenvalue weighted by Gasteiger charge is -2.29. The first-order chi connectivity index (χ1) is 14.3. The smallest absolute Gasteiger partial charge is 0.270 e. The van der Waals surface area contributed by atoms with E-state index >= 15 is 0 Å². The zero-order valence-electron chi connectivity index (χ0n) is 16.5. The van der Waals surface area contributed by atoms with Crippen molar-refractivity contribution >= 4 is 62.7 Å². The van der Waals surface area contributed by atoms with Gasteiger partial charge in [0, 0.05) is 19.2 Å². The molecule has 4 rings (SSSR count). The van der Waals surface area contributed by atoms with Crippen LogP contribution in [0.1, 0.15) is 16.9 Å². The number of carbonyl (C=O) groups is 2. The van der Waals surface area contributed by atoms with Crippen molar-refractivity contribution in [1.29, 1.82) is 0 Å². The molecule has 2 amide bonds. The van der Waals surface area contributed by atoms with Gasteiger partial charge in [0.15, 0.2) is 5.11 Å². The van der Waals surface area contributed by atoms with Crippen LogP contribution in [0.2, 0.25) is 0 Å². The summed E-state index contributed by atoms with van der Waals surface area (Å²) in [4.78, 5) is 29.1. The first-order valence-corrected chi connectivity index (χ1v) is 10.7. The van der Waals surface area contributed by atoms with E-state index in [4.69, 9.17) is 21.4 Å². The van der Waals surface area contributed by atoms with Gasteiger partial charge in [-0.3, -0.25) is 19.8 Å². The van der Waals surface area contributed by atoms with Gasteiger partial charge in [-0.25, -0.2) is 0 Å². The molecule has 0 unspecified atom stereocenters. The monoisotopic (exact) mass is 489 g/mol. The predicted molar refractivity (Wildman–Crippen MR) is 122 cm³/mol. The van der Waals surface area contributed by atoms with Crippen LogP contribution in [0.3, 0.4) is 0 Å². The maximum atomic E-state index is 13.2. The summed E-state index contributed by atoms with van der Waals surface area (Å²) >= 11 is 8.76. The Morgan fingerprint density at radius 2 is 1.87 bits per heavy atom. The summed E-state index contributed by atoms with van der Waals surface area (Å²) in [6, 6.07) is 7.33. The average molecular weight is 490 g/mol. The lowest BCUT2D eigenvalue weighted by molar-refractivity contribution is -0.122. The van der Waals surface area contributed by atoms with Gasteiger partial charge in [-0.05, 0) is 71.3 Å². The van der Waals surface area contributed by atoms with Crippen LogP contribution in [-0.4, -0.2) is 43.2 Å². The number of carbonyl (C=O) groups excluding carboxylic acids is 2. The summed E-state index contributed by atoms with van der Waals surface area (Å²) < 4.78 is 12.0. The van der Waals surface area contributed by atoms with E-state index in [1.807, 2.05) is 32.0 Å². The Kier molecular flexibility index (Phi) is 5.77. The molecule has 7 nitrogen and oxygen atoms in total. The van der Waals surface area contributed by atoms with Crippen molar-refractivity contribution in [2.45, 2.75) is 13.8 Å². The molecule has 3 heterocycles. The molecule has 0 spiro atoms. The third kappa shape index (κ3) is 3.92. The number of ether oxygens (including phenoxy) is 1. The molecule has 30 heavy (non-hydrogen) atoms. The number of rotatable bonds is 3. The predicted octanol–water partition coefficient (Wildman–Crippen LogP) is 3.33. The van der Waals surface area contributed by atoms with Crippen LogP contribution in [0.15, 0.2) is 38.7 Å². The van der Waals surface area contributed by atoms with Gasteiger partial charge in [-0.15, -0.1) is 0 Å². The van der Waals surface area contributed by atoms with Crippen LogP contribution in [0.25, 0.3) is 6.08 Å². The molecular formula is C21H20BrN3O4S. The summed E-state index contributed by atoms with van der Waals surface area (Å²) in [5.41, 5.74) is 2.69. The molecule has 2 aliphatic heterocycles. The molecule has 1 N–H and O–H groups in total. The van der Waals surface area contributed by atoms with Gasteiger partial charge >= 0.3 is 0 Å². The molecule has 2 aliphatic rings. The molecule has 2 aromatic rings. The van der Waals surface area contributed by atoms with E-state index in [-0.39, 0.29) is 10.7 Å². The number of morpholine rings is 1. The molecule has 0 radical (unpaired) electrons. The maximum absolute atomic E-state index is 13.2. The van der Waals surface area contributed by atoms with Crippen molar-refractivity contribution in [3.63, 3.8) is 0 Å². The summed E-state index contributed by atoms with van der Waals surface area (Å²) in [5.74, 6) is 0.00283. The summed E-state index contributed by atoms with van der Waals surface area (Å²) in [6.45, 7) is 6.59. The van der Waals surface area contributed by atoms with E-state index < -0.39 is 11.8 Å². The quantitative estimate of drug-likeness (QED) is 0.404. The molecule has 0 bridgehead atoms. The fourth-order valence-corrected chi connectivity index (χ4v) is 4.17. The minimum Gasteiger partial charge on any atom is -0.440 e. The Morgan fingerprint density at radius 1 is 1.13 bits per heavy atom. The number of halogens is 1. The Balaban J connectivity index is 1.66. The fraction of sp³-hybridized carbons (Fsp3) is 0.286. The number of hydrogen-bond donors (Lipinski definition) is 1. The highest BCUT2D eigenvalue weighted by atomic mass is 79.9. The molecule has 0 aliphatic carbocycles. The third-order valence-corrected chi connectivity index (χ3v) is 5.98. The molecule has 0 atom stereocenters. The Bertz CT molecular complexity index is 1070. The number of nitrogens with one attached hydrogen (secondary N) is 1. The van der Waals surface area contributed by atoms with Crippen molar-refractivity contribution in [3.05, 3.63) is 51.2 Å². The topological polar surface area (TPSA) is 75.0 Å².